The van der Waals surface area contributed by atoms with E-state index in [1.54, 1.807) is 14.4 Å². The van der Waals surface area contributed by atoms with Gasteiger partial charge < -0.3 is 22.1 Å². The average Bonchev–Trinajstić information content (AvgIpc) is 1.55. The Morgan fingerprint density at radius 2 is 0.421 bits per heavy atom. The Morgan fingerprint density at radius 3 is 0.907 bits per heavy atom. The molecule has 14 nitrogen and oxygen atoms in total. The largest absolute Gasteiger partial charge is 0.456 e. The quantitative estimate of drug-likeness (QED) is 0.108. The van der Waals surface area contributed by atoms with Crippen LogP contribution in [-0.2, 0) is 0 Å². The number of fused-ring (bicyclic) bond motifs is 18. The summed E-state index contributed by atoms with van der Waals surface area (Å²) in [5, 5.41) is 40.0. The Bertz CT molecular complexity index is 9780. The van der Waals surface area contributed by atoms with Crippen molar-refractivity contribution in [1.29, 1.82) is 0 Å². The van der Waals surface area contributed by atoms with Crippen LogP contribution in [-0.4, -0.2) is 45.0 Å². The summed E-state index contributed by atoms with van der Waals surface area (Å²) < 4.78 is 32.2. The molecular weight excluding hydrogens is 1720 g/mol. The molecule has 0 N–H and O–H groups in total. The smallest absolute Gasteiger partial charge is 0.143 e. The maximum atomic E-state index is 6.52. The highest BCUT2D eigenvalue weighted by Gasteiger charge is 2.25. The fourth-order valence-electron chi connectivity index (χ4n) is 20.1. The number of aromatic nitrogens is 9. The van der Waals surface area contributed by atoms with Gasteiger partial charge in [0.2, 0.25) is 0 Å². The van der Waals surface area contributed by atoms with Crippen molar-refractivity contribution >= 4 is 143 Å². The molecule has 0 radical (unpaired) electrons. The van der Waals surface area contributed by atoms with Crippen LogP contribution in [0.1, 0.15) is 0 Å². The second-order valence-electron chi connectivity index (χ2n) is 35.2. The number of rotatable bonds is 13. The molecule has 0 atom stereocenters. The van der Waals surface area contributed by atoms with Gasteiger partial charge in [-0.2, -0.15) is 14.4 Å². The number of benzene rings is 21. The Morgan fingerprint density at radius 1 is 0.136 bits per heavy atom. The van der Waals surface area contributed by atoms with Crippen LogP contribution in [0.15, 0.2) is 489 Å². The van der Waals surface area contributed by atoms with Crippen LogP contribution >= 0.6 is 0 Å². The number of para-hydroxylation sites is 11. The summed E-state index contributed by atoms with van der Waals surface area (Å²) in [5.74, 6) is 0. The van der Waals surface area contributed by atoms with Crippen LogP contribution in [0.2, 0.25) is 0 Å². The predicted molar refractivity (Wildman–Crippen MR) is 567 cm³/mol. The predicted octanol–water partition coefficient (Wildman–Crippen LogP) is 33.4. The number of hydrogen-bond acceptors (Lipinski definition) is 11. The Kier molecular flexibility index (Phi) is 19.2. The molecule has 0 fully saturated rings. The number of nitrogens with zero attached hydrogens (tertiary/aromatic N) is 9. The lowest BCUT2D eigenvalue weighted by atomic mass is 9.89. The van der Waals surface area contributed by atoms with E-state index in [-0.39, 0.29) is 0 Å². The van der Waals surface area contributed by atoms with E-state index in [1.165, 1.54) is 11.1 Å². The third-order valence-corrected chi connectivity index (χ3v) is 26.9. The van der Waals surface area contributed by atoms with Gasteiger partial charge in [-0.15, -0.1) is 30.6 Å². The first-order chi connectivity index (χ1) is 69.3. The maximum Gasteiger partial charge on any atom is 0.143 e. The molecule has 0 aliphatic rings. The summed E-state index contributed by atoms with van der Waals surface area (Å²) in [6.45, 7) is 0. The Hall–Kier alpha value is -19.2. The van der Waals surface area contributed by atoms with Gasteiger partial charge in [-0.25, -0.2) is 0 Å². The van der Waals surface area contributed by atoms with Gasteiger partial charge in [-0.3, -0.25) is 0 Å². The summed E-state index contributed by atoms with van der Waals surface area (Å²) in [4.78, 5) is 5.11. The van der Waals surface area contributed by atoms with Gasteiger partial charge in [0, 0.05) is 76.1 Å². The normalized spacial score (nSPS) is 11.7. The molecular formula is C126H77N9O5. The third-order valence-electron chi connectivity index (χ3n) is 26.9. The van der Waals surface area contributed by atoms with E-state index < -0.39 is 0 Å². The fourth-order valence-corrected chi connectivity index (χ4v) is 20.1. The highest BCUT2D eigenvalue weighted by molar-refractivity contribution is 6.17. The van der Waals surface area contributed by atoms with Gasteiger partial charge in [-0.05, 0) is 229 Å². The topological polar surface area (TPSA) is 158 Å². The molecule has 0 aliphatic carbocycles. The molecule has 0 spiro atoms. The molecule has 0 bridgehead atoms. The summed E-state index contributed by atoms with van der Waals surface area (Å²) in [5.41, 5.74) is 38.5. The van der Waals surface area contributed by atoms with Crippen molar-refractivity contribution in [2.24, 2.45) is 0 Å². The molecule has 656 valence electrons. The highest BCUT2D eigenvalue weighted by Crippen LogP contribution is 2.49. The zero-order valence-electron chi connectivity index (χ0n) is 75.0. The van der Waals surface area contributed by atoms with E-state index in [2.05, 4.69) is 334 Å². The summed E-state index contributed by atoms with van der Waals surface area (Å²) in [6, 6.07) is 161. The molecule has 0 aliphatic heterocycles. The van der Waals surface area contributed by atoms with Gasteiger partial charge in [0.05, 0.1) is 17.1 Å². The highest BCUT2D eigenvalue weighted by atomic mass is 16.3. The van der Waals surface area contributed by atoms with Crippen molar-refractivity contribution in [3.8, 4) is 128 Å². The van der Waals surface area contributed by atoms with Crippen molar-refractivity contribution in [2.75, 3.05) is 0 Å². The summed E-state index contributed by atoms with van der Waals surface area (Å²) in [7, 11) is 0. The molecule has 8 heterocycles. The van der Waals surface area contributed by atoms with Crippen molar-refractivity contribution in [1.82, 2.24) is 45.0 Å². The van der Waals surface area contributed by atoms with Gasteiger partial charge in [-0.1, -0.05) is 328 Å². The van der Waals surface area contributed by atoms with E-state index >= 15 is 0 Å². The molecule has 14 heteroatoms. The average molecular weight is 1800 g/mol. The minimum atomic E-state index is 0.823. The van der Waals surface area contributed by atoms with Crippen LogP contribution < -0.4 is 0 Å². The molecule has 0 amide bonds. The first kappa shape index (κ1) is 80.5. The van der Waals surface area contributed by atoms with E-state index in [1.807, 2.05) is 133 Å². The first-order valence-electron chi connectivity index (χ1n) is 46.7. The van der Waals surface area contributed by atoms with Crippen molar-refractivity contribution in [3.63, 3.8) is 0 Å². The number of furan rings is 5. The molecule has 0 unspecified atom stereocenters. The second kappa shape index (κ2) is 33.5. The van der Waals surface area contributed by atoms with Crippen LogP contribution in [0.25, 0.3) is 271 Å². The van der Waals surface area contributed by atoms with E-state index in [4.69, 9.17) is 52.7 Å². The molecule has 29 aromatic rings. The number of hydrogen-bond donors (Lipinski definition) is 0. The van der Waals surface area contributed by atoms with Gasteiger partial charge in [0.15, 0.2) is 0 Å². The lowest BCUT2D eigenvalue weighted by Gasteiger charge is -2.14. The zero-order chi connectivity index (χ0) is 92.2. The SMILES string of the molecule is c1ccc(-c2ccc(-n3nc4ccc(-c5ccc(-c6cccc7oc8ccccc8c67)c(-c6ccccc6)c5)cc4n3)cc2)cc1.c1ccc(-n2nc3ccc(-c4cc(-c5cccc6c5oc5ccccc56)cc(-c5cccc6c5oc5ccccc56)c4)cc3n2)cc1.c1ccc(-n2nc3ccc(-c4cc(-c5cccc6c5oc5ccccc56)ccc4-c4cccc5c4oc4ccccc45)cc3n2)cc1. The molecule has 21 aromatic carbocycles. The molecule has 140 heavy (non-hydrogen) atoms. The first-order valence-corrected chi connectivity index (χ1v) is 46.7. The second-order valence-corrected chi connectivity index (χ2v) is 35.2. The Labute approximate surface area is 800 Å². The minimum Gasteiger partial charge on any atom is -0.456 e. The lowest BCUT2D eigenvalue weighted by molar-refractivity contribution is 0.669. The molecule has 0 saturated heterocycles. The van der Waals surface area contributed by atoms with Gasteiger partial charge in [0.1, 0.15) is 88.9 Å². The molecule has 0 saturated carbocycles. The summed E-state index contributed by atoms with van der Waals surface area (Å²) in [6.07, 6.45) is 0. The van der Waals surface area contributed by atoms with Crippen LogP contribution in [0.3, 0.4) is 0 Å². The van der Waals surface area contributed by atoms with E-state index in [9.17, 15) is 0 Å². The van der Waals surface area contributed by atoms with Crippen molar-refractivity contribution in [3.05, 3.63) is 467 Å². The van der Waals surface area contributed by atoms with E-state index in [0.717, 1.165) is 260 Å². The fraction of sp³-hybridized carbons (Fsp3) is 0. The molecule has 29 rings (SSSR count). The van der Waals surface area contributed by atoms with Crippen LogP contribution in [0.4, 0.5) is 0 Å². The lowest BCUT2D eigenvalue weighted by Crippen LogP contribution is -1.97. The summed E-state index contributed by atoms with van der Waals surface area (Å²) >= 11 is 0. The van der Waals surface area contributed by atoms with Gasteiger partial charge in [0.25, 0.3) is 0 Å². The van der Waals surface area contributed by atoms with E-state index in [0.29, 0.717) is 0 Å². The minimum absolute atomic E-state index is 0.823. The zero-order valence-corrected chi connectivity index (χ0v) is 75.0. The Balaban J connectivity index is 0.000000105. The van der Waals surface area contributed by atoms with Crippen LogP contribution in [0, 0.1) is 0 Å². The van der Waals surface area contributed by atoms with Crippen molar-refractivity contribution in [2.45, 2.75) is 0 Å². The van der Waals surface area contributed by atoms with Crippen LogP contribution in [0.5, 0.6) is 0 Å². The van der Waals surface area contributed by atoms with Crippen molar-refractivity contribution < 1.29 is 22.1 Å². The maximum absolute atomic E-state index is 6.52. The monoisotopic (exact) mass is 1800 g/mol. The van der Waals surface area contributed by atoms with Gasteiger partial charge >= 0.3 is 0 Å². The molecule has 8 aromatic heterocycles. The third kappa shape index (κ3) is 14.2. The standard InChI is InChI=1S/2C42H25N3O2.C42H27N3O/c1-2-10-28(11-3-1)45-43-37-23-21-27(25-38(37)44-45)36-24-26(29-14-8-16-34-31-12-4-6-18-39(31)46-41(29)34)20-22-30(36)33-15-9-17-35-32-13-5-7-19-40(32)47-42(33)35;1-2-10-30(11-3-1)45-43-37-21-20-26(25-38(37)44-45)27-22-28(31-14-8-16-35-33-12-4-6-18-39(33)46-41(31)35)24-29(23-27)32-15-9-17-36-34-13-5-7-19-40(34)47-42(32)36;1-3-10-28(11-4-1)29-18-22-33(23-19-29)45-43-38-25-21-32(27-39(38)44-45)31-20-24-34(37(26-31)30-12-5-2-6-13-30)35-15-9-17-41-42(35)36-14-7-8-16-40(36)46-41/h2*1-25H;1-27H.